The second-order valence-corrected chi connectivity index (χ2v) is 6.63. The molecule has 2 fully saturated rings. The van der Waals surface area contributed by atoms with Crippen molar-refractivity contribution in [2.24, 2.45) is 0 Å². The highest BCUT2D eigenvalue weighted by Crippen LogP contribution is 2.36. The molecule has 0 bridgehead atoms. The van der Waals surface area contributed by atoms with Crippen LogP contribution in [0.5, 0.6) is 0 Å². The predicted octanol–water partition coefficient (Wildman–Crippen LogP) is 2.70. The molecule has 0 aliphatic carbocycles. The van der Waals surface area contributed by atoms with Crippen LogP contribution in [0.1, 0.15) is 56.7 Å². The first kappa shape index (κ1) is 13.6. The molecule has 5 nitrogen and oxygen atoms in total. The normalized spacial score (nSPS) is 33.7. The zero-order chi connectivity index (χ0) is 14.2. The van der Waals surface area contributed by atoms with E-state index in [4.69, 9.17) is 14.6 Å². The molecule has 2 saturated heterocycles. The molecule has 116 valence electrons. The molecule has 1 aromatic heterocycles. The molecule has 0 saturated carbocycles. The van der Waals surface area contributed by atoms with Crippen LogP contribution < -0.4 is 5.32 Å². The fourth-order valence-corrected chi connectivity index (χ4v) is 3.92. The van der Waals surface area contributed by atoms with Gasteiger partial charge in [0.25, 0.3) is 0 Å². The summed E-state index contributed by atoms with van der Waals surface area (Å²) in [4.78, 5) is 0. The van der Waals surface area contributed by atoms with Crippen molar-refractivity contribution >= 4 is 5.82 Å². The summed E-state index contributed by atoms with van der Waals surface area (Å²) in [6.45, 7) is 4.94. The van der Waals surface area contributed by atoms with E-state index in [1.54, 1.807) is 0 Å². The fraction of sp³-hybridized carbons (Fsp3) is 0.812. The van der Waals surface area contributed by atoms with Gasteiger partial charge in [0.05, 0.1) is 23.9 Å². The maximum Gasteiger partial charge on any atom is 0.124 e. The summed E-state index contributed by atoms with van der Waals surface area (Å²) in [5.74, 6) is 1.73. The van der Waals surface area contributed by atoms with Crippen LogP contribution in [0, 0.1) is 0 Å². The average molecular weight is 291 g/mol. The van der Waals surface area contributed by atoms with Crippen LogP contribution in [0.25, 0.3) is 0 Å². The van der Waals surface area contributed by atoms with Crippen molar-refractivity contribution in [2.45, 2.75) is 63.2 Å². The molecule has 5 heteroatoms. The minimum Gasteiger partial charge on any atom is -0.381 e. The van der Waals surface area contributed by atoms with Crippen LogP contribution in [0.15, 0.2) is 6.07 Å². The molecule has 0 radical (unpaired) electrons. The summed E-state index contributed by atoms with van der Waals surface area (Å²) < 4.78 is 13.8. The predicted molar refractivity (Wildman–Crippen MR) is 80.7 cm³/mol. The number of hydrogen-bond donors (Lipinski definition) is 1. The van der Waals surface area contributed by atoms with Crippen LogP contribution in [0.3, 0.4) is 0 Å². The molecular formula is C16H25N3O2. The van der Waals surface area contributed by atoms with Gasteiger partial charge in [0.2, 0.25) is 0 Å². The number of rotatable bonds is 2. The smallest absolute Gasteiger partial charge is 0.124 e. The van der Waals surface area contributed by atoms with E-state index in [1.165, 1.54) is 17.9 Å². The number of nitrogens with one attached hydrogen (secondary N) is 1. The summed E-state index contributed by atoms with van der Waals surface area (Å²) in [6, 6.07) is 2.65. The summed E-state index contributed by atoms with van der Waals surface area (Å²) >= 11 is 0. The van der Waals surface area contributed by atoms with E-state index in [2.05, 4.69) is 23.0 Å². The second kappa shape index (κ2) is 5.61. The number of ether oxygens (including phenoxy) is 2. The summed E-state index contributed by atoms with van der Waals surface area (Å²) in [6.07, 6.45) is 6.38. The molecule has 0 spiro atoms. The van der Waals surface area contributed by atoms with Crippen LogP contribution in [-0.2, 0) is 9.47 Å². The maximum absolute atomic E-state index is 6.10. The minimum absolute atomic E-state index is 0.336. The third-order valence-corrected chi connectivity index (χ3v) is 5.15. The highest BCUT2D eigenvalue weighted by molar-refractivity contribution is 5.40. The number of fused-ring (bicyclic) bond motifs is 1. The fourth-order valence-electron chi connectivity index (χ4n) is 3.92. The van der Waals surface area contributed by atoms with E-state index >= 15 is 0 Å². The Labute approximate surface area is 126 Å². The first-order valence-electron chi connectivity index (χ1n) is 8.38. The summed E-state index contributed by atoms with van der Waals surface area (Å²) in [7, 11) is 0. The van der Waals surface area contributed by atoms with E-state index in [0.717, 1.165) is 45.4 Å². The van der Waals surface area contributed by atoms with Gasteiger partial charge in [-0.3, -0.25) is 0 Å². The SMILES string of the molecule is CC1CCC(C2CCNc3cc(C4CCOCC4)nn32)O1. The molecule has 0 amide bonds. The maximum atomic E-state index is 6.10. The molecule has 1 N–H and O–H groups in total. The van der Waals surface area contributed by atoms with Crippen LogP contribution in [0.4, 0.5) is 5.82 Å². The van der Waals surface area contributed by atoms with E-state index in [-0.39, 0.29) is 0 Å². The lowest BCUT2D eigenvalue weighted by Crippen LogP contribution is -2.32. The molecule has 3 atom stereocenters. The molecule has 21 heavy (non-hydrogen) atoms. The largest absolute Gasteiger partial charge is 0.381 e. The van der Waals surface area contributed by atoms with Gasteiger partial charge in [-0.25, -0.2) is 4.68 Å². The zero-order valence-corrected chi connectivity index (χ0v) is 12.8. The highest BCUT2D eigenvalue weighted by atomic mass is 16.5. The van der Waals surface area contributed by atoms with Crippen molar-refractivity contribution in [3.8, 4) is 0 Å². The lowest BCUT2D eigenvalue weighted by Gasteiger charge is -2.30. The van der Waals surface area contributed by atoms with Crippen molar-refractivity contribution in [2.75, 3.05) is 25.1 Å². The van der Waals surface area contributed by atoms with Gasteiger partial charge in [0, 0.05) is 31.7 Å². The Bertz CT molecular complexity index is 496. The van der Waals surface area contributed by atoms with Crippen LogP contribution in [-0.4, -0.2) is 41.7 Å². The second-order valence-electron chi connectivity index (χ2n) is 6.63. The zero-order valence-electron chi connectivity index (χ0n) is 12.8. The molecule has 0 aromatic carbocycles. The Morgan fingerprint density at radius 1 is 1.19 bits per heavy atom. The first-order valence-corrected chi connectivity index (χ1v) is 8.38. The van der Waals surface area contributed by atoms with Gasteiger partial charge in [0.1, 0.15) is 5.82 Å². The van der Waals surface area contributed by atoms with Crippen molar-refractivity contribution in [1.29, 1.82) is 0 Å². The molecule has 4 heterocycles. The molecule has 3 aliphatic heterocycles. The molecule has 4 rings (SSSR count). The van der Waals surface area contributed by atoms with E-state index in [9.17, 15) is 0 Å². The molecule has 3 unspecified atom stereocenters. The number of aromatic nitrogens is 2. The monoisotopic (exact) mass is 291 g/mol. The molecule has 3 aliphatic rings. The Balaban J connectivity index is 1.57. The van der Waals surface area contributed by atoms with Crippen LogP contribution >= 0.6 is 0 Å². The lowest BCUT2D eigenvalue weighted by molar-refractivity contribution is 0.0170. The highest BCUT2D eigenvalue weighted by Gasteiger charge is 2.35. The van der Waals surface area contributed by atoms with Gasteiger partial charge >= 0.3 is 0 Å². The van der Waals surface area contributed by atoms with Gasteiger partial charge < -0.3 is 14.8 Å². The number of nitrogens with zero attached hydrogens (tertiary/aromatic N) is 2. The van der Waals surface area contributed by atoms with Crippen molar-refractivity contribution in [3.05, 3.63) is 11.8 Å². The van der Waals surface area contributed by atoms with Gasteiger partial charge in [-0.05, 0) is 39.0 Å². The first-order chi connectivity index (χ1) is 10.3. The van der Waals surface area contributed by atoms with E-state index in [0.29, 0.717) is 24.2 Å². The van der Waals surface area contributed by atoms with E-state index < -0.39 is 0 Å². The third-order valence-electron chi connectivity index (χ3n) is 5.15. The van der Waals surface area contributed by atoms with E-state index in [1.807, 2.05) is 0 Å². The molecule has 1 aromatic rings. The standard InChI is InChI=1S/C16H25N3O2/c1-11-2-3-15(21-11)14-4-7-17-16-10-13(18-19(14)16)12-5-8-20-9-6-12/h10-12,14-15,17H,2-9H2,1H3. The van der Waals surface area contributed by atoms with Gasteiger partial charge in [-0.15, -0.1) is 0 Å². The van der Waals surface area contributed by atoms with Crippen molar-refractivity contribution in [1.82, 2.24) is 9.78 Å². The lowest BCUT2D eigenvalue weighted by atomic mass is 9.97. The third kappa shape index (κ3) is 2.57. The summed E-state index contributed by atoms with van der Waals surface area (Å²) in [5, 5.41) is 8.44. The Hall–Kier alpha value is -1.07. The molecular weight excluding hydrogens is 266 g/mol. The quantitative estimate of drug-likeness (QED) is 0.910. The summed E-state index contributed by atoms with van der Waals surface area (Å²) in [5.41, 5.74) is 1.23. The van der Waals surface area contributed by atoms with Gasteiger partial charge in [-0.2, -0.15) is 5.10 Å². The number of anilines is 1. The van der Waals surface area contributed by atoms with Gasteiger partial charge in [0.15, 0.2) is 0 Å². The van der Waals surface area contributed by atoms with Gasteiger partial charge in [-0.1, -0.05) is 0 Å². The van der Waals surface area contributed by atoms with Crippen LogP contribution in [0.2, 0.25) is 0 Å². The number of hydrogen-bond acceptors (Lipinski definition) is 4. The Morgan fingerprint density at radius 3 is 2.81 bits per heavy atom. The topological polar surface area (TPSA) is 48.3 Å². The Kier molecular flexibility index (Phi) is 3.63. The Morgan fingerprint density at radius 2 is 2.05 bits per heavy atom. The van der Waals surface area contributed by atoms with Crippen molar-refractivity contribution < 1.29 is 9.47 Å². The average Bonchev–Trinajstić information content (AvgIpc) is 3.14. The minimum atomic E-state index is 0.336. The van der Waals surface area contributed by atoms with Crippen molar-refractivity contribution in [3.63, 3.8) is 0 Å².